The molecule has 0 saturated carbocycles. The molecule has 2 unspecified atom stereocenters. The Balaban J connectivity index is 3.59. The fourth-order valence-corrected chi connectivity index (χ4v) is 1.85. The monoisotopic (exact) mass is 307 g/mol. The van der Waals surface area contributed by atoms with Gasteiger partial charge >= 0.3 is 5.97 Å². The third-order valence-electron chi connectivity index (χ3n) is 3.47. The normalized spacial score (nSPS) is 16.3. The van der Waals surface area contributed by atoms with Crippen LogP contribution in [0.4, 0.5) is 8.78 Å². The zero-order valence-electron chi connectivity index (χ0n) is 12.6. The number of carboxylic acid groups (broad SMARTS) is 1. The van der Waals surface area contributed by atoms with Crippen molar-refractivity contribution in [1.29, 1.82) is 0 Å². The summed E-state index contributed by atoms with van der Waals surface area (Å²) in [4.78, 5) is 10.8. The van der Waals surface area contributed by atoms with Gasteiger partial charge in [0.15, 0.2) is 0 Å². The molecule has 0 fully saturated rings. The van der Waals surface area contributed by atoms with E-state index < -0.39 is 24.0 Å². The van der Waals surface area contributed by atoms with Gasteiger partial charge in [-0.15, -0.1) is 0 Å². The highest BCUT2D eigenvalue weighted by Gasteiger charge is 2.35. The van der Waals surface area contributed by atoms with E-state index in [-0.39, 0.29) is 6.42 Å². The molecule has 0 saturated heterocycles. The molecule has 0 bridgehead atoms. The van der Waals surface area contributed by atoms with Gasteiger partial charge in [0.2, 0.25) is 6.43 Å². The number of hydrogen-bond acceptors (Lipinski definition) is 3. The Bertz CT molecular complexity index is 320. The molecular weight excluding hydrogens is 280 g/mol. The number of aliphatic hydroxyl groups excluding tert-OH is 1. The second kappa shape index (κ2) is 10.7. The molecule has 0 aromatic carbocycles. The first-order valence-electron chi connectivity index (χ1n) is 7.42. The number of carbonyl (C=O) groups is 1. The molecule has 0 aliphatic rings. The van der Waals surface area contributed by atoms with Crippen molar-refractivity contribution in [1.82, 2.24) is 0 Å². The van der Waals surface area contributed by atoms with Crippen LogP contribution in [0.2, 0.25) is 0 Å². The van der Waals surface area contributed by atoms with Crippen LogP contribution in [0.25, 0.3) is 0 Å². The van der Waals surface area contributed by atoms with E-state index >= 15 is 0 Å². The van der Waals surface area contributed by atoms with Crippen molar-refractivity contribution in [2.45, 2.75) is 76.4 Å². The predicted octanol–water partition coefficient (Wildman–Crippen LogP) is 3.09. The number of aliphatic hydroxyl groups is 1. The van der Waals surface area contributed by atoms with E-state index in [1.807, 2.05) is 12.2 Å². The molecule has 0 radical (unpaired) electrons. The van der Waals surface area contributed by atoms with Crippen molar-refractivity contribution in [2.24, 2.45) is 5.73 Å². The molecule has 2 atom stereocenters. The van der Waals surface area contributed by atoms with Crippen LogP contribution >= 0.6 is 0 Å². The lowest BCUT2D eigenvalue weighted by Crippen LogP contribution is -2.54. The van der Waals surface area contributed by atoms with Gasteiger partial charge in [0, 0.05) is 6.42 Å². The molecule has 0 amide bonds. The number of nitrogens with two attached hydrogens (primary N) is 1. The summed E-state index contributed by atoms with van der Waals surface area (Å²) in [5.74, 6) is -1.22. The Morgan fingerprint density at radius 1 is 1.14 bits per heavy atom. The molecule has 6 heteroatoms. The average molecular weight is 307 g/mol. The lowest BCUT2D eigenvalue weighted by Gasteiger charge is -2.25. The Kier molecular flexibility index (Phi) is 10.2. The van der Waals surface area contributed by atoms with Crippen LogP contribution in [0, 0.1) is 0 Å². The molecule has 0 spiro atoms. The number of unbranched alkanes of at least 4 members (excludes halogenated alkanes) is 4. The van der Waals surface area contributed by atoms with Crippen LogP contribution < -0.4 is 5.73 Å². The fourth-order valence-electron chi connectivity index (χ4n) is 1.85. The Labute approximate surface area is 125 Å². The molecule has 0 aliphatic heterocycles. The molecule has 21 heavy (non-hydrogen) atoms. The Morgan fingerprint density at radius 3 is 2.29 bits per heavy atom. The van der Waals surface area contributed by atoms with Crippen LogP contribution in [-0.4, -0.2) is 34.3 Å². The topological polar surface area (TPSA) is 83.6 Å². The van der Waals surface area contributed by atoms with Crippen molar-refractivity contribution >= 4 is 5.97 Å². The lowest BCUT2D eigenvalue weighted by molar-refractivity contribution is -0.147. The summed E-state index contributed by atoms with van der Waals surface area (Å²) in [6.07, 6.45) is 5.54. The van der Waals surface area contributed by atoms with Gasteiger partial charge in [0.25, 0.3) is 0 Å². The summed E-state index contributed by atoms with van der Waals surface area (Å²) in [5.41, 5.74) is 3.88. The SMILES string of the molecule is CC(N)(C(=O)O)C(O)CC/C=C/CCCCCCC(F)F. The first kappa shape index (κ1) is 20.0. The predicted molar refractivity (Wildman–Crippen MR) is 78.3 cm³/mol. The Hall–Kier alpha value is -1.01. The Morgan fingerprint density at radius 2 is 1.71 bits per heavy atom. The lowest BCUT2D eigenvalue weighted by atomic mass is 9.93. The smallest absolute Gasteiger partial charge is 0.326 e. The van der Waals surface area contributed by atoms with Crippen molar-refractivity contribution in [3.8, 4) is 0 Å². The van der Waals surface area contributed by atoms with E-state index in [1.165, 1.54) is 6.92 Å². The largest absolute Gasteiger partial charge is 0.480 e. The maximum atomic E-state index is 11.9. The van der Waals surface area contributed by atoms with Gasteiger partial charge in [-0.3, -0.25) is 4.79 Å². The van der Waals surface area contributed by atoms with E-state index in [4.69, 9.17) is 10.8 Å². The van der Waals surface area contributed by atoms with E-state index in [2.05, 4.69) is 0 Å². The minimum absolute atomic E-state index is 0.0187. The van der Waals surface area contributed by atoms with Gasteiger partial charge in [0.05, 0.1) is 6.10 Å². The molecule has 0 aromatic heterocycles. The third kappa shape index (κ3) is 9.52. The van der Waals surface area contributed by atoms with E-state index in [0.29, 0.717) is 19.3 Å². The van der Waals surface area contributed by atoms with E-state index in [1.54, 1.807) is 0 Å². The molecular formula is C15H27F2NO3. The second-order valence-corrected chi connectivity index (χ2v) is 5.54. The van der Waals surface area contributed by atoms with Crippen molar-refractivity contribution in [2.75, 3.05) is 0 Å². The molecule has 0 aliphatic carbocycles. The van der Waals surface area contributed by atoms with E-state index in [9.17, 15) is 18.7 Å². The standard InChI is InChI=1S/C15H27F2NO3/c1-15(18,14(20)21)12(19)10-8-6-4-2-3-5-7-9-11-13(16)17/h4,6,12-13,19H,2-3,5,7-11,18H2,1H3,(H,20,21)/b6-4+. The fraction of sp³-hybridized carbons (Fsp3) is 0.800. The number of alkyl halides is 2. The van der Waals surface area contributed by atoms with Crippen molar-refractivity contribution < 1.29 is 23.8 Å². The number of rotatable bonds is 12. The van der Waals surface area contributed by atoms with Crippen LogP contribution in [0.5, 0.6) is 0 Å². The summed E-state index contributed by atoms with van der Waals surface area (Å²) in [7, 11) is 0. The van der Waals surface area contributed by atoms with Crippen LogP contribution in [0.15, 0.2) is 12.2 Å². The third-order valence-corrected chi connectivity index (χ3v) is 3.47. The maximum Gasteiger partial charge on any atom is 0.326 e. The molecule has 0 rings (SSSR count). The summed E-state index contributed by atoms with van der Waals surface area (Å²) < 4.78 is 23.7. The molecule has 0 aromatic rings. The second-order valence-electron chi connectivity index (χ2n) is 5.54. The zero-order chi connectivity index (χ0) is 16.3. The summed E-state index contributed by atoms with van der Waals surface area (Å²) in [6.45, 7) is 1.29. The van der Waals surface area contributed by atoms with E-state index in [0.717, 1.165) is 25.7 Å². The minimum Gasteiger partial charge on any atom is -0.480 e. The molecule has 4 nitrogen and oxygen atoms in total. The number of hydrogen-bond donors (Lipinski definition) is 3. The van der Waals surface area contributed by atoms with Gasteiger partial charge in [-0.05, 0) is 39.0 Å². The number of allylic oxidation sites excluding steroid dienone is 2. The van der Waals surface area contributed by atoms with Crippen LogP contribution in [0.1, 0.15) is 58.3 Å². The minimum atomic E-state index is -2.20. The number of halogens is 2. The average Bonchev–Trinajstić information content (AvgIpc) is 2.39. The highest BCUT2D eigenvalue weighted by molar-refractivity contribution is 5.78. The maximum absolute atomic E-state index is 11.9. The van der Waals surface area contributed by atoms with Crippen molar-refractivity contribution in [3.63, 3.8) is 0 Å². The summed E-state index contributed by atoms with van der Waals surface area (Å²) in [6, 6.07) is 0. The number of aliphatic carboxylic acids is 1. The van der Waals surface area contributed by atoms with Gasteiger partial charge in [-0.1, -0.05) is 25.0 Å². The van der Waals surface area contributed by atoms with Gasteiger partial charge in [-0.2, -0.15) is 0 Å². The highest BCUT2D eigenvalue weighted by Crippen LogP contribution is 2.13. The molecule has 0 heterocycles. The van der Waals surface area contributed by atoms with Gasteiger partial charge in [-0.25, -0.2) is 8.78 Å². The zero-order valence-corrected chi connectivity index (χ0v) is 12.6. The number of carboxylic acids is 1. The first-order chi connectivity index (χ1) is 9.78. The molecule has 124 valence electrons. The quantitative estimate of drug-likeness (QED) is 0.382. The molecule has 4 N–H and O–H groups in total. The van der Waals surface area contributed by atoms with Crippen LogP contribution in [-0.2, 0) is 4.79 Å². The first-order valence-corrected chi connectivity index (χ1v) is 7.42. The summed E-state index contributed by atoms with van der Waals surface area (Å²) in [5, 5.41) is 18.5. The van der Waals surface area contributed by atoms with Gasteiger partial charge in [0.1, 0.15) is 5.54 Å². The summed E-state index contributed by atoms with van der Waals surface area (Å²) >= 11 is 0. The van der Waals surface area contributed by atoms with Gasteiger partial charge < -0.3 is 15.9 Å². The highest BCUT2D eigenvalue weighted by atomic mass is 19.3. The van der Waals surface area contributed by atoms with Crippen LogP contribution in [0.3, 0.4) is 0 Å². The van der Waals surface area contributed by atoms with Crippen molar-refractivity contribution in [3.05, 3.63) is 12.2 Å².